The summed E-state index contributed by atoms with van der Waals surface area (Å²) < 4.78 is 40.8. The van der Waals surface area contributed by atoms with E-state index < -0.39 is 33.7 Å². The van der Waals surface area contributed by atoms with Gasteiger partial charge in [0.2, 0.25) is 0 Å². The summed E-state index contributed by atoms with van der Waals surface area (Å²) >= 11 is 0. The molecule has 0 aromatic heterocycles. The smallest absolute Gasteiger partial charge is 0.260 e. The van der Waals surface area contributed by atoms with Gasteiger partial charge < -0.3 is 14.7 Å². The van der Waals surface area contributed by atoms with Crippen molar-refractivity contribution in [3.05, 3.63) is 30.1 Å². The fraction of sp³-hybridized carbons (Fsp3) is 0.462. The van der Waals surface area contributed by atoms with Crippen LogP contribution in [-0.4, -0.2) is 61.6 Å². The van der Waals surface area contributed by atoms with Crippen molar-refractivity contribution >= 4 is 15.7 Å². The molecule has 116 valence electrons. The van der Waals surface area contributed by atoms with Gasteiger partial charge in [-0.2, -0.15) is 0 Å². The Kier molecular flexibility index (Phi) is 4.48. The normalized spacial score (nSPS) is 23.8. The quantitative estimate of drug-likeness (QED) is 0.833. The monoisotopic (exact) mass is 317 g/mol. The van der Waals surface area contributed by atoms with E-state index in [2.05, 4.69) is 0 Å². The van der Waals surface area contributed by atoms with Crippen LogP contribution in [0, 0.1) is 5.82 Å². The van der Waals surface area contributed by atoms with Crippen LogP contribution >= 0.6 is 0 Å². The molecule has 1 saturated heterocycles. The minimum atomic E-state index is -3.32. The summed E-state index contributed by atoms with van der Waals surface area (Å²) in [6.45, 7) is -0.314. The van der Waals surface area contributed by atoms with E-state index in [0.29, 0.717) is 5.75 Å². The van der Waals surface area contributed by atoms with E-state index in [1.807, 2.05) is 0 Å². The van der Waals surface area contributed by atoms with Crippen molar-refractivity contribution in [1.82, 2.24) is 4.90 Å². The lowest BCUT2D eigenvalue weighted by molar-refractivity contribution is -0.135. The zero-order valence-corrected chi connectivity index (χ0v) is 12.2. The van der Waals surface area contributed by atoms with Gasteiger partial charge in [0, 0.05) is 7.05 Å². The maximum atomic E-state index is 12.7. The molecular formula is C13H16FNO5S. The zero-order valence-electron chi connectivity index (χ0n) is 11.4. The van der Waals surface area contributed by atoms with E-state index in [-0.39, 0.29) is 18.1 Å². The molecule has 1 aromatic rings. The number of ether oxygens (including phenoxy) is 1. The Bertz CT molecular complexity index is 616. The predicted octanol–water partition coefficient (Wildman–Crippen LogP) is -0.179. The first-order valence-corrected chi connectivity index (χ1v) is 8.13. The fourth-order valence-corrected chi connectivity index (χ4v) is 3.99. The van der Waals surface area contributed by atoms with Gasteiger partial charge in [-0.15, -0.1) is 0 Å². The predicted molar refractivity (Wildman–Crippen MR) is 73.1 cm³/mol. The Balaban J connectivity index is 1.92. The molecule has 1 aliphatic rings. The van der Waals surface area contributed by atoms with Crippen molar-refractivity contribution in [1.29, 1.82) is 0 Å². The topological polar surface area (TPSA) is 83.9 Å². The Morgan fingerprint density at radius 1 is 1.38 bits per heavy atom. The minimum Gasteiger partial charge on any atom is -0.484 e. The molecule has 0 spiro atoms. The Morgan fingerprint density at radius 2 is 2.00 bits per heavy atom. The van der Waals surface area contributed by atoms with E-state index in [4.69, 9.17) is 4.74 Å². The lowest BCUT2D eigenvalue weighted by Crippen LogP contribution is -2.45. The van der Waals surface area contributed by atoms with Crippen LogP contribution in [0.25, 0.3) is 0 Å². The van der Waals surface area contributed by atoms with Crippen LogP contribution in [0.5, 0.6) is 5.75 Å². The number of hydrogen-bond acceptors (Lipinski definition) is 5. The summed E-state index contributed by atoms with van der Waals surface area (Å²) in [6.07, 6.45) is -1.09. The maximum absolute atomic E-state index is 12.7. The number of aliphatic hydroxyl groups is 1. The molecule has 1 aromatic carbocycles. The third kappa shape index (κ3) is 3.92. The maximum Gasteiger partial charge on any atom is 0.260 e. The molecule has 6 nitrogen and oxygen atoms in total. The molecule has 0 aliphatic carbocycles. The van der Waals surface area contributed by atoms with E-state index in [1.165, 1.54) is 36.2 Å². The molecule has 1 N–H and O–H groups in total. The number of amides is 1. The molecule has 8 heteroatoms. The van der Waals surface area contributed by atoms with E-state index in [1.54, 1.807) is 0 Å². The lowest BCUT2D eigenvalue weighted by atomic mass is 10.2. The number of sulfone groups is 1. The average Bonchev–Trinajstić information content (AvgIpc) is 2.70. The van der Waals surface area contributed by atoms with Crippen LogP contribution < -0.4 is 4.74 Å². The summed E-state index contributed by atoms with van der Waals surface area (Å²) in [6, 6.07) is 4.42. The van der Waals surface area contributed by atoms with Gasteiger partial charge in [0.15, 0.2) is 16.4 Å². The number of likely N-dealkylation sites (N-methyl/N-ethyl adjacent to an activating group) is 1. The molecule has 0 saturated carbocycles. The molecule has 2 rings (SSSR count). The Hall–Kier alpha value is -1.67. The molecule has 0 radical (unpaired) electrons. The first-order chi connectivity index (χ1) is 9.78. The van der Waals surface area contributed by atoms with Gasteiger partial charge in [-0.1, -0.05) is 0 Å². The molecular weight excluding hydrogens is 301 g/mol. The van der Waals surface area contributed by atoms with Crippen LogP contribution in [0.15, 0.2) is 24.3 Å². The summed E-state index contributed by atoms with van der Waals surface area (Å²) in [4.78, 5) is 13.1. The van der Waals surface area contributed by atoms with Crippen LogP contribution in [0.2, 0.25) is 0 Å². The molecule has 0 unspecified atom stereocenters. The summed E-state index contributed by atoms with van der Waals surface area (Å²) in [7, 11) is -1.90. The standard InChI is InChI=1S/C13H16FNO5S/c1-15(11-7-21(18,19)8-12(11)16)13(17)6-20-10-4-2-9(14)3-5-10/h2-5,11-12,16H,6-8H2,1H3/t11-,12-/m1/s1. The number of carbonyl (C=O) groups is 1. The first kappa shape index (κ1) is 15.7. The van der Waals surface area contributed by atoms with Gasteiger partial charge in [0.1, 0.15) is 11.6 Å². The van der Waals surface area contributed by atoms with Crippen LogP contribution in [0.4, 0.5) is 4.39 Å². The number of rotatable bonds is 4. The highest BCUT2D eigenvalue weighted by atomic mass is 32.2. The number of benzene rings is 1. The van der Waals surface area contributed by atoms with E-state index in [9.17, 15) is 22.7 Å². The number of carbonyl (C=O) groups excluding carboxylic acids is 1. The highest BCUT2D eigenvalue weighted by Crippen LogP contribution is 2.18. The third-order valence-corrected chi connectivity index (χ3v) is 5.06. The second kappa shape index (κ2) is 5.98. The lowest BCUT2D eigenvalue weighted by Gasteiger charge is -2.25. The summed E-state index contributed by atoms with van der Waals surface area (Å²) in [5, 5.41) is 9.70. The second-order valence-corrected chi connectivity index (χ2v) is 7.11. The third-order valence-electron chi connectivity index (χ3n) is 3.36. The van der Waals surface area contributed by atoms with Gasteiger partial charge in [0.25, 0.3) is 5.91 Å². The molecule has 0 bridgehead atoms. The number of halogens is 1. The molecule has 1 aliphatic heterocycles. The molecule has 2 atom stereocenters. The van der Waals surface area contributed by atoms with Gasteiger partial charge in [0.05, 0.1) is 23.7 Å². The van der Waals surface area contributed by atoms with Gasteiger partial charge in [-0.25, -0.2) is 12.8 Å². The van der Waals surface area contributed by atoms with Gasteiger partial charge >= 0.3 is 0 Å². The van der Waals surface area contributed by atoms with Crippen LogP contribution in [0.1, 0.15) is 0 Å². The molecule has 21 heavy (non-hydrogen) atoms. The molecule has 1 heterocycles. The van der Waals surface area contributed by atoms with Crippen molar-refractivity contribution in [2.45, 2.75) is 12.1 Å². The summed E-state index contributed by atoms with van der Waals surface area (Å²) in [5.41, 5.74) is 0. The fourth-order valence-electron chi connectivity index (χ4n) is 2.14. The highest BCUT2D eigenvalue weighted by molar-refractivity contribution is 7.91. The number of hydrogen-bond donors (Lipinski definition) is 1. The van der Waals surface area contributed by atoms with Crippen molar-refractivity contribution in [2.24, 2.45) is 0 Å². The van der Waals surface area contributed by atoms with Gasteiger partial charge in [-0.3, -0.25) is 4.79 Å². The molecule has 1 amide bonds. The van der Waals surface area contributed by atoms with Gasteiger partial charge in [-0.05, 0) is 24.3 Å². The van der Waals surface area contributed by atoms with E-state index in [0.717, 1.165) is 0 Å². The Labute approximate surface area is 122 Å². The second-order valence-electron chi connectivity index (χ2n) is 4.96. The average molecular weight is 317 g/mol. The largest absolute Gasteiger partial charge is 0.484 e. The van der Waals surface area contributed by atoms with Crippen molar-refractivity contribution in [2.75, 3.05) is 25.2 Å². The van der Waals surface area contributed by atoms with Crippen molar-refractivity contribution in [3.63, 3.8) is 0 Å². The van der Waals surface area contributed by atoms with Crippen LogP contribution in [0.3, 0.4) is 0 Å². The zero-order chi connectivity index (χ0) is 15.6. The Morgan fingerprint density at radius 3 is 2.52 bits per heavy atom. The molecule has 1 fully saturated rings. The first-order valence-electron chi connectivity index (χ1n) is 6.31. The minimum absolute atomic E-state index is 0.257. The SMILES string of the molecule is CN(C(=O)COc1ccc(F)cc1)[C@@H]1CS(=O)(=O)C[C@H]1O. The summed E-state index contributed by atoms with van der Waals surface area (Å²) in [5.74, 6) is -1.13. The van der Waals surface area contributed by atoms with E-state index >= 15 is 0 Å². The number of aliphatic hydroxyl groups excluding tert-OH is 1. The van der Waals surface area contributed by atoms with Crippen molar-refractivity contribution < 1.29 is 27.4 Å². The highest BCUT2D eigenvalue weighted by Gasteiger charge is 2.40. The number of nitrogens with zero attached hydrogens (tertiary/aromatic N) is 1. The van der Waals surface area contributed by atoms with Crippen molar-refractivity contribution in [3.8, 4) is 5.75 Å². The van der Waals surface area contributed by atoms with Crippen LogP contribution in [-0.2, 0) is 14.6 Å².